The molecule has 0 amide bonds. The quantitative estimate of drug-likeness (QED) is 0.782. The number of fused-ring (bicyclic) bond motifs is 1. The second kappa shape index (κ2) is 6.11. The predicted molar refractivity (Wildman–Crippen MR) is 81.9 cm³/mol. The van der Waals surface area contributed by atoms with E-state index in [0.717, 1.165) is 28.9 Å². The molecule has 20 heavy (non-hydrogen) atoms. The number of rotatable bonds is 5. The van der Waals surface area contributed by atoms with Gasteiger partial charge in [0, 0.05) is 18.8 Å². The van der Waals surface area contributed by atoms with E-state index in [4.69, 9.17) is 0 Å². The van der Waals surface area contributed by atoms with Crippen molar-refractivity contribution in [1.29, 1.82) is 0 Å². The van der Waals surface area contributed by atoms with Crippen molar-refractivity contribution in [2.24, 2.45) is 0 Å². The van der Waals surface area contributed by atoms with Crippen LogP contribution in [0.3, 0.4) is 0 Å². The van der Waals surface area contributed by atoms with Gasteiger partial charge in [-0.05, 0) is 36.6 Å². The molecule has 2 aromatic heterocycles. The lowest BCUT2D eigenvalue weighted by molar-refractivity contribution is 0.165. The van der Waals surface area contributed by atoms with Crippen molar-refractivity contribution in [3.63, 3.8) is 0 Å². The largest absolute Gasteiger partial charge is 0.393 e. The molecule has 0 saturated heterocycles. The molecule has 102 valence electrons. The molecule has 2 heterocycles. The average molecular weight is 284 g/mol. The Morgan fingerprint density at radius 2 is 2.05 bits per heavy atom. The minimum atomic E-state index is -0.351. The summed E-state index contributed by atoms with van der Waals surface area (Å²) in [5.74, 6) is 0. The highest BCUT2D eigenvalue weighted by molar-refractivity contribution is 7.18. The first-order valence-corrected chi connectivity index (χ1v) is 7.54. The highest BCUT2D eigenvalue weighted by Gasteiger charge is 2.10. The van der Waals surface area contributed by atoms with Crippen molar-refractivity contribution < 1.29 is 5.11 Å². The summed E-state index contributed by atoms with van der Waals surface area (Å²) in [5.41, 5.74) is 2.18. The number of benzene rings is 1. The number of pyridine rings is 1. The Hall–Kier alpha value is -1.78. The van der Waals surface area contributed by atoms with E-state index in [1.807, 2.05) is 36.5 Å². The van der Waals surface area contributed by atoms with Crippen LogP contribution in [0.2, 0.25) is 0 Å². The van der Waals surface area contributed by atoms with Crippen LogP contribution in [0.25, 0.3) is 10.2 Å². The maximum absolute atomic E-state index is 10.1. The summed E-state index contributed by atoms with van der Waals surface area (Å²) < 4.78 is 1.18. The van der Waals surface area contributed by atoms with Gasteiger partial charge >= 0.3 is 0 Å². The number of hydrogen-bond acceptors (Lipinski definition) is 4. The summed E-state index contributed by atoms with van der Waals surface area (Å²) >= 11 is 1.66. The Labute approximate surface area is 122 Å². The third kappa shape index (κ3) is 3.21. The third-order valence-corrected chi connectivity index (χ3v) is 4.30. The number of aliphatic hydroxyl groups excluding tert-OH is 1. The normalized spacial score (nSPS) is 12.7. The Kier molecular flexibility index (Phi) is 4.04. The van der Waals surface area contributed by atoms with Crippen molar-refractivity contribution >= 4 is 21.6 Å². The molecule has 1 N–H and O–H groups in total. The molecule has 0 spiro atoms. The van der Waals surface area contributed by atoms with Gasteiger partial charge in [-0.3, -0.25) is 4.98 Å². The number of thiazole rings is 1. The summed E-state index contributed by atoms with van der Waals surface area (Å²) in [7, 11) is 0. The summed E-state index contributed by atoms with van der Waals surface area (Å²) in [6.45, 7) is 0. The van der Waals surface area contributed by atoms with Gasteiger partial charge in [0.05, 0.1) is 21.3 Å². The molecule has 3 aromatic rings. The molecule has 0 saturated carbocycles. The topological polar surface area (TPSA) is 46.0 Å². The smallest absolute Gasteiger partial charge is 0.0964 e. The lowest BCUT2D eigenvalue weighted by Gasteiger charge is -2.08. The average Bonchev–Trinajstić information content (AvgIpc) is 2.88. The summed E-state index contributed by atoms with van der Waals surface area (Å²) in [6, 6.07) is 12.1. The van der Waals surface area contributed by atoms with Gasteiger partial charge < -0.3 is 5.11 Å². The van der Waals surface area contributed by atoms with Crippen LogP contribution >= 0.6 is 11.3 Å². The van der Waals surface area contributed by atoms with E-state index in [0.29, 0.717) is 6.42 Å². The molecular formula is C16H16N2OS. The van der Waals surface area contributed by atoms with Gasteiger partial charge in [0.1, 0.15) is 0 Å². The lowest BCUT2D eigenvalue weighted by atomic mass is 10.1. The summed E-state index contributed by atoms with van der Waals surface area (Å²) in [4.78, 5) is 8.64. The molecule has 0 fully saturated rings. The Morgan fingerprint density at radius 1 is 1.15 bits per heavy atom. The van der Waals surface area contributed by atoms with E-state index >= 15 is 0 Å². The van der Waals surface area contributed by atoms with Crippen molar-refractivity contribution in [1.82, 2.24) is 9.97 Å². The summed E-state index contributed by atoms with van der Waals surface area (Å²) in [6.07, 6.45) is 5.47. The fourth-order valence-corrected chi connectivity index (χ4v) is 3.23. The van der Waals surface area contributed by atoms with E-state index in [-0.39, 0.29) is 6.10 Å². The monoisotopic (exact) mass is 284 g/mol. The van der Waals surface area contributed by atoms with Crippen molar-refractivity contribution in [3.8, 4) is 0 Å². The van der Waals surface area contributed by atoms with E-state index in [9.17, 15) is 5.11 Å². The molecule has 0 aliphatic heterocycles. The van der Waals surface area contributed by atoms with Crippen molar-refractivity contribution in [3.05, 3.63) is 59.4 Å². The Morgan fingerprint density at radius 3 is 2.85 bits per heavy atom. The second-order valence-corrected chi connectivity index (χ2v) is 5.95. The maximum atomic E-state index is 10.1. The molecule has 4 heteroatoms. The standard InChI is InChI=1S/C16H16N2OS/c19-13(8-7-12-4-3-9-17-11-12)10-16-18-14-5-1-2-6-15(14)20-16/h1-6,9,11,13,19H,7-8,10H2. The highest BCUT2D eigenvalue weighted by Crippen LogP contribution is 2.23. The molecule has 1 aromatic carbocycles. The van der Waals surface area contributed by atoms with Gasteiger partial charge in [0.25, 0.3) is 0 Å². The first kappa shape index (κ1) is 13.2. The number of aromatic nitrogens is 2. The van der Waals surface area contributed by atoms with E-state index in [2.05, 4.69) is 16.0 Å². The van der Waals surface area contributed by atoms with Crippen molar-refractivity contribution in [2.45, 2.75) is 25.4 Å². The molecule has 1 atom stereocenters. The molecule has 3 rings (SSSR count). The Bertz CT molecular complexity index is 648. The first-order valence-electron chi connectivity index (χ1n) is 6.73. The van der Waals surface area contributed by atoms with Crippen LogP contribution in [0.1, 0.15) is 17.0 Å². The van der Waals surface area contributed by atoms with Crippen LogP contribution in [-0.4, -0.2) is 21.2 Å². The van der Waals surface area contributed by atoms with Crippen molar-refractivity contribution in [2.75, 3.05) is 0 Å². The summed E-state index contributed by atoms with van der Waals surface area (Å²) in [5, 5.41) is 11.1. The van der Waals surface area contributed by atoms with Crippen LogP contribution in [0.15, 0.2) is 48.8 Å². The van der Waals surface area contributed by atoms with Gasteiger partial charge in [0.15, 0.2) is 0 Å². The van der Waals surface area contributed by atoms with Crippen LogP contribution in [-0.2, 0) is 12.8 Å². The van der Waals surface area contributed by atoms with Crippen LogP contribution in [0.4, 0.5) is 0 Å². The molecule has 1 unspecified atom stereocenters. The third-order valence-electron chi connectivity index (χ3n) is 3.24. The zero-order valence-corrected chi connectivity index (χ0v) is 11.9. The highest BCUT2D eigenvalue weighted by atomic mass is 32.1. The number of para-hydroxylation sites is 1. The van der Waals surface area contributed by atoms with Gasteiger partial charge in [-0.25, -0.2) is 4.98 Å². The van der Waals surface area contributed by atoms with Gasteiger partial charge in [-0.2, -0.15) is 0 Å². The maximum Gasteiger partial charge on any atom is 0.0964 e. The number of hydrogen-bond donors (Lipinski definition) is 1. The molecule has 0 aliphatic carbocycles. The van der Waals surface area contributed by atoms with E-state index < -0.39 is 0 Å². The second-order valence-electron chi connectivity index (χ2n) is 4.83. The SMILES string of the molecule is OC(CCc1cccnc1)Cc1nc2ccccc2s1. The minimum absolute atomic E-state index is 0.351. The zero-order valence-electron chi connectivity index (χ0n) is 11.1. The predicted octanol–water partition coefficient (Wildman–Crippen LogP) is 3.23. The van der Waals surface area contributed by atoms with Gasteiger partial charge in [0.2, 0.25) is 0 Å². The van der Waals surface area contributed by atoms with Gasteiger partial charge in [-0.1, -0.05) is 18.2 Å². The molecule has 0 bridgehead atoms. The lowest BCUT2D eigenvalue weighted by Crippen LogP contribution is -2.11. The molecular weight excluding hydrogens is 268 g/mol. The minimum Gasteiger partial charge on any atom is -0.393 e. The fourth-order valence-electron chi connectivity index (χ4n) is 2.19. The Balaban J connectivity index is 1.59. The van der Waals surface area contributed by atoms with E-state index in [1.165, 1.54) is 4.70 Å². The molecule has 0 aliphatic rings. The molecule has 3 nitrogen and oxygen atoms in total. The first-order chi connectivity index (χ1) is 9.81. The van der Waals surface area contributed by atoms with Crippen LogP contribution < -0.4 is 0 Å². The number of aliphatic hydroxyl groups is 1. The van der Waals surface area contributed by atoms with Crippen LogP contribution in [0.5, 0.6) is 0 Å². The zero-order chi connectivity index (χ0) is 13.8. The van der Waals surface area contributed by atoms with Gasteiger partial charge in [-0.15, -0.1) is 11.3 Å². The molecule has 0 radical (unpaired) electrons. The van der Waals surface area contributed by atoms with E-state index in [1.54, 1.807) is 17.5 Å². The van der Waals surface area contributed by atoms with Crippen LogP contribution in [0, 0.1) is 0 Å². The number of nitrogens with zero attached hydrogens (tertiary/aromatic N) is 2. The fraction of sp³-hybridized carbons (Fsp3) is 0.250. The number of aryl methyl sites for hydroxylation is 1.